The van der Waals surface area contributed by atoms with Gasteiger partial charge in [-0.15, -0.1) is 12.4 Å². The van der Waals surface area contributed by atoms with Crippen LogP contribution >= 0.6 is 50.5 Å². The van der Waals surface area contributed by atoms with Crippen LogP contribution in [0.3, 0.4) is 0 Å². The zero-order chi connectivity index (χ0) is 31.3. The Kier molecular flexibility index (Phi) is 13.6. The first-order valence-electron chi connectivity index (χ1n) is 16.1. The van der Waals surface area contributed by atoms with Crippen molar-refractivity contribution in [1.82, 2.24) is 0 Å². The molecule has 0 heterocycles. The van der Waals surface area contributed by atoms with Gasteiger partial charge in [0, 0.05) is 23.0 Å². The van der Waals surface area contributed by atoms with Crippen molar-refractivity contribution in [3.8, 4) is 0 Å². The fraction of sp³-hybridized carbons (Fsp3) is 0.143. The number of halogens is 1. The van der Waals surface area contributed by atoms with Gasteiger partial charge in [0.2, 0.25) is 0 Å². The Morgan fingerprint density at radius 2 is 0.468 bits per heavy atom. The van der Waals surface area contributed by atoms with E-state index in [0.29, 0.717) is 0 Å². The maximum Gasteiger partial charge on any atom is 0.112 e. The van der Waals surface area contributed by atoms with Gasteiger partial charge in [-0.1, -0.05) is 109 Å². The molecule has 0 fully saturated rings. The van der Waals surface area contributed by atoms with Crippen LogP contribution in [-0.2, 0) is 0 Å². The van der Waals surface area contributed by atoms with Crippen LogP contribution in [0.25, 0.3) is 0 Å². The molecule has 0 bridgehead atoms. The highest BCUT2D eigenvalue weighted by molar-refractivity contribution is 8.04. The molecule has 0 aromatic heterocycles. The van der Waals surface area contributed by atoms with E-state index in [1.807, 2.05) is 0 Å². The predicted molar refractivity (Wildman–Crippen MR) is 222 cm³/mol. The summed E-state index contributed by atoms with van der Waals surface area (Å²) in [6.07, 6.45) is 2.34. The first-order valence-corrected chi connectivity index (χ1v) is 22.4. The zero-order valence-corrected chi connectivity index (χ0v) is 30.9. The molecule has 0 amide bonds. The third kappa shape index (κ3) is 8.25. The van der Waals surface area contributed by atoms with Crippen molar-refractivity contribution < 1.29 is 0 Å². The molecular weight excluding hydrogens is 666 g/mol. The summed E-state index contributed by atoms with van der Waals surface area (Å²) in [7, 11) is -3.52. The lowest BCUT2D eigenvalue weighted by Crippen LogP contribution is -2.34. The van der Waals surface area contributed by atoms with Crippen LogP contribution in [0.4, 0.5) is 0 Å². The minimum Gasteiger partial charge on any atom is -0.157 e. The van der Waals surface area contributed by atoms with Crippen molar-refractivity contribution in [3.63, 3.8) is 0 Å². The fourth-order valence-electron chi connectivity index (χ4n) is 6.49. The molecule has 47 heavy (non-hydrogen) atoms. The second-order valence-corrected chi connectivity index (χ2v) is 21.0. The molecule has 6 aromatic rings. The summed E-state index contributed by atoms with van der Waals surface area (Å²) in [5.74, 6) is 4.66. The quantitative estimate of drug-likeness (QED) is 0.0773. The minimum atomic E-state index is -1.76. The smallest absolute Gasteiger partial charge is 0.112 e. The predicted octanol–water partition coefficient (Wildman–Crippen LogP) is 8.86. The van der Waals surface area contributed by atoms with E-state index < -0.39 is 14.5 Å². The molecule has 0 atom stereocenters. The Morgan fingerprint density at radius 3 is 0.660 bits per heavy atom. The number of hydrogen-bond donors (Lipinski definition) is 0. The first-order chi connectivity index (χ1) is 22.8. The number of hydrogen-bond acceptors (Lipinski definition) is 2. The lowest BCUT2D eigenvalue weighted by molar-refractivity contribution is 1.44. The third-order valence-corrected chi connectivity index (χ3v) is 20.4. The van der Waals surface area contributed by atoms with Gasteiger partial charge in [0.15, 0.2) is 0 Å². The van der Waals surface area contributed by atoms with Crippen molar-refractivity contribution in [2.75, 3.05) is 35.3 Å². The average Bonchev–Trinajstić information content (AvgIpc) is 3.15. The van der Waals surface area contributed by atoms with Gasteiger partial charge >= 0.3 is 0 Å². The lowest BCUT2D eigenvalue weighted by Gasteiger charge is -2.28. The monoisotopic (exact) mass is 708 g/mol. The van der Waals surface area contributed by atoms with Gasteiger partial charge in [-0.3, -0.25) is 0 Å². The van der Waals surface area contributed by atoms with Gasteiger partial charge in [-0.2, -0.15) is 23.5 Å². The van der Waals surface area contributed by atoms with E-state index in [1.54, 1.807) is 0 Å². The molecule has 0 aliphatic carbocycles. The SMILES string of the molecule is Cl.c1ccc([P+](CCSCCSCC[P+](c2ccccc2)(c2ccccc2)c2ccccc2)(c2ccccc2)c2ccccc2)cc1. The van der Waals surface area contributed by atoms with Gasteiger partial charge in [0.1, 0.15) is 46.4 Å². The second kappa shape index (κ2) is 18.1. The normalized spacial score (nSPS) is 11.5. The molecule has 238 valence electrons. The van der Waals surface area contributed by atoms with E-state index in [9.17, 15) is 0 Å². The molecular formula is C42H43ClP2S2+2. The molecule has 0 saturated carbocycles. The van der Waals surface area contributed by atoms with Crippen molar-refractivity contribution in [1.29, 1.82) is 0 Å². The molecule has 0 N–H and O–H groups in total. The maximum absolute atomic E-state index is 2.36. The summed E-state index contributed by atoms with van der Waals surface area (Å²) < 4.78 is 0. The molecule has 5 heteroatoms. The summed E-state index contributed by atoms with van der Waals surface area (Å²) in [5.41, 5.74) is 0. The molecule has 0 spiro atoms. The Labute approximate surface area is 297 Å². The Morgan fingerprint density at radius 1 is 0.277 bits per heavy atom. The van der Waals surface area contributed by atoms with Crippen LogP contribution < -0.4 is 31.8 Å². The Bertz CT molecular complexity index is 1400. The highest BCUT2D eigenvalue weighted by Gasteiger charge is 2.45. The molecule has 0 aliphatic rings. The summed E-state index contributed by atoms with van der Waals surface area (Å²) in [6, 6.07) is 67.7. The standard InChI is InChI=1S/C42H42P2S2.ClH/c1-7-19-37(20-8-1)43(38-21-9-2-10-22-38,39-23-11-3-12-24-39)31-33-45-35-36-46-34-32-44(40-25-13-4-14-26-40,41-27-15-5-16-28-41)42-29-17-6-18-30-42;/h1-30H,31-36H2;1H/q+2;. The average molecular weight is 709 g/mol. The van der Waals surface area contributed by atoms with Crippen molar-refractivity contribution in [2.45, 2.75) is 0 Å². The van der Waals surface area contributed by atoms with E-state index in [0.717, 1.165) is 11.5 Å². The summed E-state index contributed by atoms with van der Waals surface area (Å²) in [5, 5.41) is 8.86. The van der Waals surface area contributed by atoms with Gasteiger partial charge in [-0.05, 0) is 72.8 Å². The van der Waals surface area contributed by atoms with Crippen LogP contribution in [0.15, 0.2) is 182 Å². The topological polar surface area (TPSA) is 0 Å². The number of rotatable bonds is 15. The summed E-state index contributed by atoms with van der Waals surface area (Å²) in [4.78, 5) is 0. The van der Waals surface area contributed by atoms with Gasteiger partial charge in [0.25, 0.3) is 0 Å². The fourth-order valence-corrected chi connectivity index (χ4v) is 18.5. The largest absolute Gasteiger partial charge is 0.157 e. The van der Waals surface area contributed by atoms with Crippen LogP contribution in [-0.4, -0.2) is 35.3 Å². The van der Waals surface area contributed by atoms with Crippen molar-refractivity contribution in [2.24, 2.45) is 0 Å². The van der Waals surface area contributed by atoms with Gasteiger partial charge in [-0.25, -0.2) is 0 Å². The number of benzene rings is 6. The van der Waals surface area contributed by atoms with E-state index in [2.05, 4.69) is 206 Å². The van der Waals surface area contributed by atoms with Crippen LogP contribution in [0.5, 0.6) is 0 Å². The van der Waals surface area contributed by atoms with E-state index in [-0.39, 0.29) is 12.4 Å². The maximum atomic E-state index is 2.36. The second-order valence-electron chi connectivity index (χ2n) is 11.3. The zero-order valence-electron chi connectivity index (χ0n) is 26.7. The van der Waals surface area contributed by atoms with Crippen LogP contribution in [0.2, 0.25) is 0 Å². The third-order valence-electron chi connectivity index (χ3n) is 8.70. The highest BCUT2D eigenvalue weighted by atomic mass is 35.5. The molecule has 0 unspecified atom stereocenters. The molecule has 0 aliphatic heterocycles. The molecule has 6 rings (SSSR count). The molecule has 0 saturated heterocycles. The summed E-state index contributed by atoms with van der Waals surface area (Å²) in [6.45, 7) is 0. The molecule has 0 nitrogen and oxygen atoms in total. The summed E-state index contributed by atoms with van der Waals surface area (Å²) >= 11 is 4.25. The van der Waals surface area contributed by atoms with E-state index in [1.165, 1.54) is 55.7 Å². The Balaban J connectivity index is 0.00000433. The number of thioether (sulfide) groups is 2. The van der Waals surface area contributed by atoms with Crippen molar-refractivity contribution in [3.05, 3.63) is 182 Å². The minimum absolute atomic E-state index is 0. The van der Waals surface area contributed by atoms with Gasteiger partial charge < -0.3 is 0 Å². The molecule has 0 radical (unpaired) electrons. The highest BCUT2D eigenvalue weighted by Crippen LogP contribution is 2.56. The lowest BCUT2D eigenvalue weighted by atomic mass is 10.4. The first kappa shape index (κ1) is 35.5. The van der Waals surface area contributed by atoms with E-state index >= 15 is 0 Å². The van der Waals surface area contributed by atoms with E-state index in [4.69, 9.17) is 0 Å². The molecule has 6 aromatic carbocycles. The van der Waals surface area contributed by atoms with Crippen molar-refractivity contribution >= 4 is 82.3 Å². The van der Waals surface area contributed by atoms with Gasteiger partial charge in [0.05, 0.1) is 12.3 Å². The Hall–Kier alpha value is -2.83. The van der Waals surface area contributed by atoms with Crippen LogP contribution in [0.1, 0.15) is 0 Å². The van der Waals surface area contributed by atoms with Crippen LogP contribution in [0, 0.1) is 0 Å².